The normalized spacial score (nSPS) is 10.4. The number of methoxy groups -OCH3 is 1. The van der Waals surface area contributed by atoms with Crippen LogP contribution in [0.2, 0.25) is 0 Å². The number of carbonyl (C=O) groups is 1. The first-order valence-corrected chi connectivity index (χ1v) is 7.19. The van der Waals surface area contributed by atoms with E-state index < -0.39 is 5.97 Å². The number of anilines is 1. The molecule has 2 N–H and O–H groups in total. The lowest BCUT2D eigenvalue weighted by Crippen LogP contribution is -2.10. The third kappa shape index (κ3) is 4.06. The van der Waals surface area contributed by atoms with E-state index in [4.69, 9.17) is 15.2 Å². The minimum atomic E-state index is -0.450. The fraction of sp³-hybridized carbons (Fsp3) is 0.188. The molecular weight excluding hydrogens is 334 g/mol. The van der Waals surface area contributed by atoms with E-state index in [1.54, 1.807) is 12.1 Å². The third-order valence-corrected chi connectivity index (χ3v) is 3.48. The Morgan fingerprint density at radius 1 is 1.19 bits per heavy atom. The largest absolute Gasteiger partial charge is 0.465 e. The highest BCUT2D eigenvalue weighted by molar-refractivity contribution is 9.10. The van der Waals surface area contributed by atoms with Crippen LogP contribution in [-0.4, -0.2) is 13.1 Å². The van der Waals surface area contributed by atoms with Gasteiger partial charge in [0.25, 0.3) is 0 Å². The SMILES string of the molecule is COC(=O)c1c(N)cccc1COCc1cccc(Br)c1. The quantitative estimate of drug-likeness (QED) is 0.662. The topological polar surface area (TPSA) is 61.5 Å². The summed E-state index contributed by atoms with van der Waals surface area (Å²) in [4.78, 5) is 11.8. The number of ether oxygens (including phenoxy) is 2. The van der Waals surface area contributed by atoms with Crippen LogP contribution < -0.4 is 5.73 Å². The number of nitrogen functional groups attached to an aromatic ring is 1. The minimum Gasteiger partial charge on any atom is -0.465 e. The maximum absolute atomic E-state index is 11.8. The molecule has 0 aliphatic rings. The molecular formula is C16H16BrNO3. The summed E-state index contributed by atoms with van der Waals surface area (Å²) in [5, 5.41) is 0. The lowest BCUT2D eigenvalue weighted by Gasteiger charge is -2.11. The van der Waals surface area contributed by atoms with Crippen LogP contribution in [0.4, 0.5) is 5.69 Å². The lowest BCUT2D eigenvalue weighted by molar-refractivity contribution is 0.0591. The zero-order valence-electron chi connectivity index (χ0n) is 11.6. The molecule has 0 heterocycles. The van der Waals surface area contributed by atoms with Crippen LogP contribution in [0.25, 0.3) is 0 Å². The van der Waals surface area contributed by atoms with Gasteiger partial charge in [0.05, 0.1) is 25.9 Å². The van der Waals surface area contributed by atoms with E-state index >= 15 is 0 Å². The smallest absolute Gasteiger partial charge is 0.340 e. The van der Waals surface area contributed by atoms with Crippen molar-refractivity contribution < 1.29 is 14.3 Å². The average Bonchev–Trinajstić information content (AvgIpc) is 2.47. The van der Waals surface area contributed by atoms with Crippen molar-refractivity contribution in [3.63, 3.8) is 0 Å². The molecule has 0 amide bonds. The van der Waals surface area contributed by atoms with Crippen molar-refractivity contribution >= 4 is 27.6 Å². The zero-order valence-corrected chi connectivity index (χ0v) is 13.2. The van der Waals surface area contributed by atoms with Crippen LogP contribution in [0.3, 0.4) is 0 Å². The predicted octanol–water partition coefficient (Wildman–Crippen LogP) is 3.53. The molecule has 5 heteroatoms. The number of hydrogen-bond acceptors (Lipinski definition) is 4. The maximum atomic E-state index is 11.8. The minimum absolute atomic E-state index is 0.294. The summed E-state index contributed by atoms with van der Waals surface area (Å²) in [6.45, 7) is 0.747. The van der Waals surface area contributed by atoms with Gasteiger partial charge in [0.15, 0.2) is 0 Å². The van der Waals surface area contributed by atoms with E-state index in [9.17, 15) is 4.79 Å². The van der Waals surface area contributed by atoms with E-state index in [1.165, 1.54) is 7.11 Å². The molecule has 0 aromatic heterocycles. The molecule has 0 radical (unpaired) electrons. The number of carbonyl (C=O) groups excluding carboxylic acids is 1. The molecule has 0 spiro atoms. The van der Waals surface area contributed by atoms with Crippen molar-refractivity contribution in [1.29, 1.82) is 0 Å². The fourth-order valence-electron chi connectivity index (χ4n) is 2.00. The Morgan fingerprint density at radius 3 is 2.67 bits per heavy atom. The first-order valence-electron chi connectivity index (χ1n) is 6.39. The van der Waals surface area contributed by atoms with Gasteiger partial charge < -0.3 is 15.2 Å². The van der Waals surface area contributed by atoms with Gasteiger partial charge in [-0.3, -0.25) is 0 Å². The molecule has 0 fully saturated rings. The number of nitrogens with two attached hydrogens (primary N) is 1. The van der Waals surface area contributed by atoms with Crippen LogP contribution in [0.1, 0.15) is 21.5 Å². The molecule has 0 saturated heterocycles. The molecule has 0 unspecified atom stereocenters. The molecule has 4 nitrogen and oxygen atoms in total. The van der Waals surface area contributed by atoms with Gasteiger partial charge in [-0.25, -0.2) is 4.79 Å². The fourth-order valence-corrected chi connectivity index (χ4v) is 2.44. The Morgan fingerprint density at radius 2 is 1.95 bits per heavy atom. The first-order chi connectivity index (χ1) is 10.1. The van der Waals surface area contributed by atoms with E-state index in [0.717, 1.165) is 15.6 Å². The Labute approximate surface area is 132 Å². The number of rotatable bonds is 5. The predicted molar refractivity (Wildman–Crippen MR) is 84.8 cm³/mol. The summed E-state index contributed by atoms with van der Waals surface area (Å²) in [5.41, 5.74) is 8.37. The summed E-state index contributed by atoms with van der Waals surface area (Å²) in [7, 11) is 1.33. The Balaban J connectivity index is 2.07. The first kappa shape index (κ1) is 15.5. The molecule has 0 aliphatic heterocycles. The van der Waals surface area contributed by atoms with Gasteiger partial charge in [0.2, 0.25) is 0 Å². The van der Waals surface area contributed by atoms with Gasteiger partial charge in [0.1, 0.15) is 0 Å². The van der Waals surface area contributed by atoms with Gasteiger partial charge >= 0.3 is 5.97 Å². The molecule has 21 heavy (non-hydrogen) atoms. The molecule has 110 valence electrons. The van der Waals surface area contributed by atoms with Crippen LogP contribution in [0, 0.1) is 0 Å². The lowest BCUT2D eigenvalue weighted by atomic mass is 10.1. The zero-order chi connectivity index (χ0) is 15.2. The van der Waals surface area contributed by atoms with Crippen molar-refractivity contribution in [1.82, 2.24) is 0 Å². The highest BCUT2D eigenvalue weighted by Crippen LogP contribution is 2.20. The number of halogens is 1. The molecule has 2 aromatic carbocycles. The van der Waals surface area contributed by atoms with Crippen LogP contribution >= 0.6 is 15.9 Å². The van der Waals surface area contributed by atoms with Gasteiger partial charge in [0, 0.05) is 10.2 Å². The average molecular weight is 350 g/mol. The second kappa shape index (κ2) is 7.24. The van der Waals surface area contributed by atoms with Gasteiger partial charge in [-0.15, -0.1) is 0 Å². The summed E-state index contributed by atoms with van der Waals surface area (Å²) < 4.78 is 11.4. The second-order valence-corrected chi connectivity index (χ2v) is 5.41. The van der Waals surface area contributed by atoms with Gasteiger partial charge in [-0.1, -0.05) is 40.2 Å². The summed E-state index contributed by atoms with van der Waals surface area (Å²) in [5.74, 6) is -0.450. The number of hydrogen-bond donors (Lipinski definition) is 1. The molecule has 2 rings (SSSR count). The maximum Gasteiger partial charge on any atom is 0.340 e. The van der Waals surface area contributed by atoms with E-state index in [0.29, 0.717) is 24.5 Å². The van der Waals surface area contributed by atoms with Crippen molar-refractivity contribution in [2.75, 3.05) is 12.8 Å². The number of esters is 1. The summed E-state index contributed by atoms with van der Waals surface area (Å²) >= 11 is 3.42. The Bertz CT molecular complexity index is 643. The van der Waals surface area contributed by atoms with Gasteiger partial charge in [-0.05, 0) is 29.3 Å². The van der Waals surface area contributed by atoms with E-state index in [-0.39, 0.29) is 0 Å². The molecule has 0 bridgehead atoms. The van der Waals surface area contributed by atoms with Crippen LogP contribution in [0.5, 0.6) is 0 Å². The van der Waals surface area contributed by atoms with Crippen LogP contribution in [-0.2, 0) is 22.7 Å². The molecule has 0 saturated carbocycles. The monoisotopic (exact) mass is 349 g/mol. The van der Waals surface area contributed by atoms with Crippen molar-refractivity contribution in [3.8, 4) is 0 Å². The Hall–Kier alpha value is -1.85. The summed E-state index contributed by atoms with van der Waals surface area (Å²) in [6.07, 6.45) is 0. The standard InChI is InChI=1S/C16H16BrNO3/c1-20-16(19)15-12(5-3-7-14(15)18)10-21-9-11-4-2-6-13(17)8-11/h2-8H,9-10,18H2,1H3. The Kier molecular flexibility index (Phi) is 5.36. The number of benzene rings is 2. The van der Waals surface area contributed by atoms with Crippen molar-refractivity contribution in [2.24, 2.45) is 0 Å². The van der Waals surface area contributed by atoms with E-state index in [2.05, 4.69) is 15.9 Å². The molecule has 0 aliphatic carbocycles. The highest BCUT2D eigenvalue weighted by atomic mass is 79.9. The van der Waals surface area contributed by atoms with Gasteiger partial charge in [-0.2, -0.15) is 0 Å². The van der Waals surface area contributed by atoms with Crippen molar-refractivity contribution in [3.05, 3.63) is 63.6 Å². The molecule has 2 aromatic rings. The third-order valence-electron chi connectivity index (χ3n) is 2.99. The van der Waals surface area contributed by atoms with E-state index in [1.807, 2.05) is 30.3 Å². The summed E-state index contributed by atoms with van der Waals surface area (Å²) in [6, 6.07) is 13.1. The van der Waals surface area contributed by atoms with Crippen LogP contribution in [0.15, 0.2) is 46.9 Å². The molecule has 0 atom stereocenters. The highest BCUT2D eigenvalue weighted by Gasteiger charge is 2.15. The van der Waals surface area contributed by atoms with Crippen molar-refractivity contribution in [2.45, 2.75) is 13.2 Å². The second-order valence-electron chi connectivity index (χ2n) is 4.50.